The summed E-state index contributed by atoms with van der Waals surface area (Å²) in [5, 5.41) is 7.75. The molecule has 1 fully saturated rings. The zero-order valence-electron chi connectivity index (χ0n) is 22.6. The quantitative estimate of drug-likeness (QED) is 0.352. The van der Waals surface area contributed by atoms with Crippen LogP contribution in [0.25, 0.3) is 5.69 Å². The second-order valence-electron chi connectivity index (χ2n) is 9.56. The molecule has 0 N–H and O–H groups in total. The van der Waals surface area contributed by atoms with Crippen molar-refractivity contribution in [1.82, 2.24) is 24.7 Å². The summed E-state index contributed by atoms with van der Waals surface area (Å²) in [5.74, 6) is 1.61. The van der Waals surface area contributed by atoms with Crippen LogP contribution in [-0.2, 0) is 25.1 Å². The van der Waals surface area contributed by atoms with E-state index in [4.69, 9.17) is 18.9 Å². The second-order valence-corrected chi connectivity index (χ2v) is 11.9. The molecule has 1 aromatic carbocycles. The molecule has 0 aliphatic carbocycles. The molecule has 1 aliphatic rings. The predicted molar refractivity (Wildman–Crippen MR) is 140 cm³/mol. The summed E-state index contributed by atoms with van der Waals surface area (Å²) >= 11 is 0. The number of nitrogens with zero attached hydrogens (tertiary/aromatic N) is 5. The summed E-state index contributed by atoms with van der Waals surface area (Å²) in [6, 6.07) is 5.35. The molecule has 0 radical (unpaired) electrons. The molecule has 0 spiro atoms. The fraction of sp³-hybridized carbons (Fsp3) is 0.538. The first kappa shape index (κ1) is 27.9. The lowest BCUT2D eigenvalue weighted by atomic mass is 10.2. The molecule has 0 unspecified atom stereocenters. The Bertz CT molecular complexity index is 1310. The maximum absolute atomic E-state index is 13.9. The van der Waals surface area contributed by atoms with E-state index in [1.807, 2.05) is 20.8 Å². The van der Waals surface area contributed by atoms with Crippen molar-refractivity contribution in [3.8, 4) is 17.2 Å². The van der Waals surface area contributed by atoms with E-state index in [0.717, 1.165) is 18.4 Å². The third-order valence-corrected chi connectivity index (χ3v) is 8.44. The van der Waals surface area contributed by atoms with Crippen LogP contribution in [0.5, 0.6) is 11.5 Å². The first-order valence-electron chi connectivity index (χ1n) is 12.6. The van der Waals surface area contributed by atoms with Gasteiger partial charge in [0.15, 0.2) is 27.3 Å². The fourth-order valence-electron chi connectivity index (χ4n) is 4.43. The van der Waals surface area contributed by atoms with Crippen molar-refractivity contribution in [2.75, 3.05) is 20.8 Å². The molecule has 38 heavy (non-hydrogen) atoms. The number of methoxy groups -OCH3 is 2. The highest BCUT2D eigenvalue weighted by molar-refractivity contribution is 7.91. The van der Waals surface area contributed by atoms with Gasteiger partial charge in [0.1, 0.15) is 35.1 Å². The van der Waals surface area contributed by atoms with Gasteiger partial charge in [-0.2, -0.15) is 0 Å². The Morgan fingerprint density at radius 1 is 1.08 bits per heavy atom. The second kappa shape index (κ2) is 11.7. The van der Waals surface area contributed by atoms with Gasteiger partial charge in [0.25, 0.3) is 0 Å². The van der Waals surface area contributed by atoms with E-state index in [9.17, 15) is 8.42 Å². The summed E-state index contributed by atoms with van der Waals surface area (Å²) in [6.07, 6.45) is 3.48. The monoisotopic (exact) mass is 545 g/mol. The molecule has 1 saturated heterocycles. The van der Waals surface area contributed by atoms with Crippen LogP contribution in [0.4, 0.5) is 0 Å². The SMILES string of the molecule is COc1cccc(OC)c1-n1c(CS(=O)(=O)[C@@H](C)[C@@H](OC(C)C)c2ncc(C)cn2)nnc1[C@H]1CCCO1. The highest BCUT2D eigenvalue weighted by atomic mass is 32.2. The highest BCUT2D eigenvalue weighted by Crippen LogP contribution is 2.38. The molecule has 4 rings (SSSR count). The first-order valence-corrected chi connectivity index (χ1v) is 14.3. The number of aryl methyl sites for hydroxylation is 1. The number of ether oxygens (including phenoxy) is 4. The van der Waals surface area contributed by atoms with Gasteiger partial charge in [0.05, 0.1) is 25.6 Å². The average molecular weight is 546 g/mol. The van der Waals surface area contributed by atoms with Crippen molar-refractivity contribution < 1.29 is 27.4 Å². The van der Waals surface area contributed by atoms with Crippen molar-refractivity contribution >= 4 is 9.84 Å². The number of hydrogen-bond acceptors (Lipinski definition) is 10. The van der Waals surface area contributed by atoms with Crippen molar-refractivity contribution in [3.05, 3.63) is 53.6 Å². The Morgan fingerprint density at radius 3 is 2.29 bits per heavy atom. The smallest absolute Gasteiger partial charge is 0.167 e. The molecule has 206 valence electrons. The molecule has 12 heteroatoms. The van der Waals surface area contributed by atoms with E-state index < -0.39 is 26.9 Å². The number of rotatable bonds is 11. The standard InChI is InChI=1S/C26H35N5O6S/c1-16(2)37-24(25-27-13-17(3)14-28-25)18(4)38(32,33)15-22-29-30-26(21-11-8-12-36-21)31(22)23-19(34-5)9-7-10-20(23)35-6/h7,9-10,13-14,16,18,21,24H,8,11-12,15H2,1-6H3/t18-,21+,24+/m0/s1. The van der Waals surface area contributed by atoms with Crippen LogP contribution in [-0.4, -0.2) is 65.3 Å². The van der Waals surface area contributed by atoms with E-state index >= 15 is 0 Å². The molecule has 0 amide bonds. The third-order valence-electron chi connectivity index (χ3n) is 6.40. The lowest BCUT2D eigenvalue weighted by molar-refractivity contribution is 0.00141. The molecule has 0 bridgehead atoms. The normalized spacial score (nSPS) is 17.5. The molecular formula is C26H35N5O6S. The molecular weight excluding hydrogens is 510 g/mol. The van der Waals surface area contributed by atoms with Gasteiger partial charge in [-0.15, -0.1) is 10.2 Å². The van der Waals surface area contributed by atoms with E-state index in [1.165, 1.54) is 0 Å². The lowest BCUT2D eigenvalue weighted by Gasteiger charge is -2.25. The van der Waals surface area contributed by atoms with Crippen LogP contribution in [0.2, 0.25) is 0 Å². The molecule has 2 aromatic heterocycles. The number of sulfone groups is 1. The van der Waals surface area contributed by atoms with Gasteiger partial charge >= 0.3 is 0 Å². The van der Waals surface area contributed by atoms with Crippen molar-refractivity contribution in [3.63, 3.8) is 0 Å². The average Bonchev–Trinajstić information content (AvgIpc) is 3.56. The molecule has 3 heterocycles. The van der Waals surface area contributed by atoms with E-state index in [1.54, 1.807) is 56.3 Å². The summed E-state index contributed by atoms with van der Waals surface area (Å²) < 4.78 is 52.6. The Kier molecular flexibility index (Phi) is 8.64. The van der Waals surface area contributed by atoms with Crippen molar-refractivity contribution in [2.45, 2.75) is 69.9 Å². The molecule has 3 aromatic rings. The number of benzene rings is 1. The zero-order chi connectivity index (χ0) is 27.4. The third kappa shape index (κ3) is 5.82. The maximum atomic E-state index is 13.9. The largest absolute Gasteiger partial charge is 0.494 e. The van der Waals surface area contributed by atoms with Crippen molar-refractivity contribution in [1.29, 1.82) is 0 Å². The van der Waals surface area contributed by atoms with Crippen LogP contribution in [0.15, 0.2) is 30.6 Å². The predicted octanol–water partition coefficient (Wildman–Crippen LogP) is 3.70. The lowest BCUT2D eigenvalue weighted by Crippen LogP contribution is -2.32. The molecule has 11 nitrogen and oxygen atoms in total. The van der Waals surface area contributed by atoms with Crippen LogP contribution < -0.4 is 9.47 Å². The Morgan fingerprint density at radius 2 is 1.74 bits per heavy atom. The van der Waals surface area contributed by atoms with Gasteiger partial charge in [-0.3, -0.25) is 4.57 Å². The zero-order valence-corrected chi connectivity index (χ0v) is 23.4. The van der Waals surface area contributed by atoms with Gasteiger partial charge in [0.2, 0.25) is 0 Å². The van der Waals surface area contributed by atoms with Crippen LogP contribution in [0.1, 0.15) is 68.9 Å². The van der Waals surface area contributed by atoms with E-state index in [2.05, 4.69) is 20.2 Å². The Labute approximate surface area is 223 Å². The summed E-state index contributed by atoms with van der Waals surface area (Å²) in [4.78, 5) is 8.71. The molecule has 3 atom stereocenters. The minimum Gasteiger partial charge on any atom is -0.494 e. The van der Waals surface area contributed by atoms with Gasteiger partial charge < -0.3 is 18.9 Å². The summed E-state index contributed by atoms with van der Waals surface area (Å²) in [7, 11) is -0.759. The minimum absolute atomic E-state index is 0.221. The highest BCUT2D eigenvalue weighted by Gasteiger charge is 2.37. The van der Waals surface area contributed by atoms with Gasteiger partial charge in [-0.1, -0.05) is 6.07 Å². The molecule has 0 saturated carbocycles. The number of aromatic nitrogens is 5. The first-order chi connectivity index (χ1) is 18.2. The Balaban J connectivity index is 1.78. The summed E-state index contributed by atoms with van der Waals surface area (Å²) in [5.41, 5.74) is 1.38. The van der Waals surface area contributed by atoms with Gasteiger partial charge in [-0.25, -0.2) is 18.4 Å². The van der Waals surface area contributed by atoms with Gasteiger partial charge in [0, 0.05) is 19.0 Å². The van der Waals surface area contributed by atoms with E-state index in [-0.39, 0.29) is 18.0 Å². The van der Waals surface area contributed by atoms with Crippen molar-refractivity contribution in [2.24, 2.45) is 0 Å². The minimum atomic E-state index is -3.85. The van der Waals surface area contributed by atoms with Crippen LogP contribution in [0, 0.1) is 6.92 Å². The molecule has 1 aliphatic heterocycles. The van der Waals surface area contributed by atoms with Crippen LogP contribution >= 0.6 is 0 Å². The number of para-hydroxylation sites is 1. The number of hydrogen-bond donors (Lipinski definition) is 0. The van der Waals surface area contributed by atoms with Crippen LogP contribution in [0.3, 0.4) is 0 Å². The topological polar surface area (TPSA) is 128 Å². The fourth-order valence-corrected chi connectivity index (χ4v) is 5.81. The maximum Gasteiger partial charge on any atom is 0.167 e. The van der Waals surface area contributed by atoms with E-state index in [0.29, 0.717) is 35.4 Å². The summed E-state index contributed by atoms with van der Waals surface area (Å²) in [6.45, 7) is 7.76. The Hall–Kier alpha value is -3.09. The van der Waals surface area contributed by atoms with Gasteiger partial charge in [-0.05, 0) is 58.2 Å².